The number of carbonyl (C=O) groups excluding carboxylic acids is 3. The molecule has 4 heterocycles. The maximum absolute atomic E-state index is 13.2. The van der Waals surface area contributed by atoms with E-state index in [0.29, 0.717) is 48.0 Å². The maximum atomic E-state index is 13.2. The Morgan fingerprint density at radius 1 is 0.689 bits per heavy atom. The van der Waals surface area contributed by atoms with Crippen molar-refractivity contribution in [2.24, 2.45) is 75.7 Å². The molecular weight excluding hydrogens is 946 g/mol. The highest BCUT2D eigenvalue weighted by atomic mass is 19.4. The molecule has 74 heavy (non-hydrogen) atoms. The fraction of sp³-hybridized carbons (Fsp3) is 0.817. The van der Waals surface area contributed by atoms with Gasteiger partial charge in [0.05, 0.1) is 60.8 Å². The molecule has 0 bridgehead atoms. The van der Waals surface area contributed by atoms with Gasteiger partial charge in [0.25, 0.3) is 0 Å². The Morgan fingerprint density at radius 3 is 1.54 bits per heavy atom. The summed E-state index contributed by atoms with van der Waals surface area (Å²) in [6.45, 7) is 18.9. The predicted octanol–water partition coefficient (Wildman–Crippen LogP) is 9.12. The van der Waals surface area contributed by atoms with Crippen LogP contribution in [0.2, 0.25) is 0 Å². The molecule has 0 radical (unpaired) electrons. The Hall–Kier alpha value is -3.04. The minimum Gasteiger partial charge on any atom is -0.393 e. The molecule has 2 spiro atoms. The Labute approximate surface area is 438 Å². The molecule has 8 aliphatic carbocycles. The summed E-state index contributed by atoms with van der Waals surface area (Å²) < 4.78 is 52.3. The number of alkyl halides is 3. The molecule has 0 aromatic heterocycles. The van der Waals surface area contributed by atoms with Gasteiger partial charge in [-0.1, -0.05) is 76.0 Å². The van der Waals surface area contributed by atoms with Crippen molar-refractivity contribution in [2.45, 2.75) is 212 Å². The van der Waals surface area contributed by atoms with Gasteiger partial charge in [-0.25, -0.2) is 0 Å². The topological polar surface area (TPSA) is 155 Å². The first kappa shape index (κ1) is 53.0. The highest BCUT2D eigenvalue weighted by Crippen LogP contribution is 2.67. The molecule has 4 saturated heterocycles. The molecule has 410 valence electrons. The number of halogens is 3. The Balaban J connectivity index is 0.000000161. The number of rotatable bonds is 3. The molecule has 14 heteroatoms. The van der Waals surface area contributed by atoms with Gasteiger partial charge in [-0.3, -0.25) is 14.4 Å². The van der Waals surface area contributed by atoms with Crippen LogP contribution in [0, 0.1) is 70.0 Å². The van der Waals surface area contributed by atoms with Crippen molar-refractivity contribution in [3.05, 3.63) is 45.6 Å². The molecule has 12 aliphatic rings. The quantitative estimate of drug-likeness (QED) is 0.204. The number of aliphatic hydroxyl groups is 2. The molecule has 5 N–H and O–H groups in total. The van der Waals surface area contributed by atoms with E-state index >= 15 is 0 Å². The summed E-state index contributed by atoms with van der Waals surface area (Å²) in [5, 5.41) is 22.4. The van der Waals surface area contributed by atoms with E-state index in [9.17, 15) is 37.8 Å². The fourth-order valence-electron chi connectivity index (χ4n) is 19.7. The van der Waals surface area contributed by atoms with E-state index in [1.54, 1.807) is 15.8 Å². The molecule has 0 unspecified atom stereocenters. The van der Waals surface area contributed by atoms with Crippen molar-refractivity contribution in [3.8, 4) is 0 Å². The van der Waals surface area contributed by atoms with Crippen molar-refractivity contribution < 1.29 is 47.2 Å². The molecule has 12 rings (SSSR count). The second-order valence-corrected chi connectivity index (χ2v) is 26.9. The Kier molecular flexibility index (Phi) is 13.5. The lowest BCUT2D eigenvalue weighted by Crippen LogP contribution is -2.57. The van der Waals surface area contributed by atoms with Crippen molar-refractivity contribution in [3.63, 3.8) is 0 Å². The van der Waals surface area contributed by atoms with Crippen molar-refractivity contribution in [1.29, 1.82) is 0 Å². The van der Waals surface area contributed by atoms with Gasteiger partial charge in [-0.15, -0.1) is 0 Å². The minimum absolute atomic E-state index is 0.00236. The van der Waals surface area contributed by atoms with Gasteiger partial charge in [0.15, 0.2) is 0 Å². The smallest absolute Gasteiger partial charge is 0.393 e. The number of nitrogens with zero attached hydrogens (tertiary/aromatic N) is 2. The van der Waals surface area contributed by atoms with E-state index in [-0.39, 0.29) is 77.2 Å². The number of nitrogens with one attached hydrogen (secondary N) is 1. The summed E-state index contributed by atoms with van der Waals surface area (Å²) in [7, 11) is 0. The van der Waals surface area contributed by atoms with Gasteiger partial charge in [0.2, 0.25) is 11.8 Å². The summed E-state index contributed by atoms with van der Waals surface area (Å²) in [6.07, 6.45) is 15.7. The minimum atomic E-state index is -5.02. The number of hydrogen-bond donors (Lipinski definition) is 4. The predicted molar refractivity (Wildman–Crippen MR) is 276 cm³/mol. The highest BCUT2D eigenvalue weighted by Gasteiger charge is 2.64. The number of piperidine rings is 2. The molecule has 4 saturated carbocycles. The first-order valence-corrected chi connectivity index (χ1v) is 29.1. The van der Waals surface area contributed by atoms with E-state index in [1.807, 2.05) is 6.92 Å². The number of fused-ring (bicyclic) bond motifs is 12. The van der Waals surface area contributed by atoms with E-state index in [0.717, 1.165) is 95.9 Å². The molecule has 11 nitrogen and oxygen atoms in total. The second kappa shape index (κ2) is 18.8. The average Bonchev–Trinajstić information content (AvgIpc) is 4.09. The van der Waals surface area contributed by atoms with Gasteiger partial charge >= 0.3 is 12.1 Å². The third-order valence-corrected chi connectivity index (χ3v) is 23.5. The number of allylic oxidation sites excluding steroid dienone is 4. The lowest BCUT2D eigenvalue weighted by Gasteiger charge is -2.49. The Bertz CT molecular complexity index is 2420. The summed E-state index contributed by atoms with van der Waals surface area (Å²) in [5.41, 5.74) is 14.5. The van der Waals surface area contributed by atoms with E-state index in [1.165, 1.54) is 47.1 Å². The summed E-state index contributed by atoms with van der Waals surface area (Å²) in [5.74, 6) is 2.22. The molecule has 3 amide bonds. The van der Waals surface area contributed by atoms with Crippen LogP contribution in [0.1, 0.15) is 158 Å². The van der Waals surface area contributed by atoms with Crippen LogP contribution >= 0.6 is 0 Å². The molecule has 4 aliphatic heterocycles. The third kappa shape index (κ3) is 8.13. The van der Waals surface area contributed by atoms with Crippen LogP contribution in [-0.4, -0.2) is 118 Å². The van der Waals surface area contributed by atoms with Crippen molar-refractivity contribution in [2.75, 3.05) is 26.2 Å². The highest BCUT2D eigenvalue weighted by molar-refractivity contribution is 5.87. The van der Waals surface area contributed by atoms with E-state index in [2.05, 4.69) is 65.5 Å². The second-order valence-electron chi connectivity index (χ2n) is 26.9. The zero-order valence-corrected chi connectivity index (χ0v) is 45.6. The SMILES string of the molecule is CC1=C2C[C@H]3[C@@H](CC=C4C[C@@H](O)CC[C@@]43C)[C@@H]2CC[C@]12O[C@@H]1C[C@H](C)CN(C(=O)CN)[C@H]1[C@H]2C.CC1=C2C[C@H]3[C@@H](CC=C4C[C@@H](O)CC[C@@]43C)[C@@H]2CC[C@]12O[C@@H]1C[C@H](C)CN(C(=O)CNC(=O)C(F)(F)F)[C@H]1[C@H]2C. The van der Waals surface area contributed by atoms with Crippen LogP contribution in [-0.2, 0) is 23.9 Å². The number of nitrogens with two attached hydrogens (primary N) is 1. The van der Waals surface area contributed by atoms with Gasteiger partial charge in [0.1, 0.15) is 0 Å². The number of hydrogen-bond acceptors (Lipinski definition) is 8. The molecule has 0 aromatic carbocycles. The van der Waals surface area contributed by atoms with Crippen LogP contribution in [0.25, 0.3) is 0 Å². The fourth-order valence-corrected chi connectivity index (χ4v) is 19.7. The molecule has 20 atom stereocenters. The zero-order chi connectivity index (χ0) is 52.8. The zero-order valence-electron chi connectivity index (χ0n) is 45.6. The Morgan fingerprint density at radius 2 is 1.12 bits per heavy atom. The monoisotopic (exact) mass is 1030 g/mol. The lowest BCUT2D eigenvalue weighted by atomic mass is 9.56. The van der Waals surface area contributed by atoms with Crippen LogP contribution in [0.4, 0.5) is 13.2 Å². The van der Waals surface area contributed by atoms with E-state index in [4.69, 9.17) is 15.2 Å². The number of carbonyl (C=O) groups is 3. The van der Waals surface area contributed by atoms with E-state index < -0.39 is 30.1 Å². The summed E-state index contributed by atoms with van der Waals surface area (Å²) >= 11 is 0. The van der Waals surface area contributed by atoms with Crippen LogP contribution in [0.15, 0.2) is 45.6 Å². The number of amides is 3. The van der Waals surface area contributed by atoms with Gasteiger partial charge < -0.3 is 40.5 Å². The summed E-state index contributed by atoms with van der Waals surface area (Å²) in [4.78, 5) is 41.2. The first-order valence-electron chi connectivity index (χ1n) is 29.1. The van der Waals surface area contributed by atoms with Gasteiger partial charge in [-0.05, 0) is 186 Å². The van der Waals surface area contributed by atoms with Crippen LogP contribution in [0.5, 0.6) is 0 Å². The van der Waals surface area contributed by atoms with Crippen LogP contribution < -0.4 is 11.1 Å². The van der Waals surface area contributed by atoms with Gasteiger partial charge in [-0.2, -0.15) is 13.2 Å². The summed E-state index contributed by atoms with van der Waals surface area (Å²) in [6, 6.07) is -0.0819. The number of ether oxygens (including phenoxy) is 2. The number of likely N-dealkylation sites (tertiary alicyclic amines) is 2. The van der Waals surface area contributed by atoms with Crippen molar-refractivity contribution in [1.82, 2.24) is 15.1 Å². The average molecular weight is 1030 g/mol. The molecule has 8 fully saturated rings. The third-order valence-electron chi connectivity index (χ3n) is 23.5. The maximum Gasteiger partial charge on any atom is 0.471 e. The van der Waals surface area contributed by atoms with Gasteiger partial charge in [0, 0.05) is 24.9 Å². The standard InChI is InChI=1S/C31H43F3N2O4.C29H44N2O3/c1-16-11-25-27(36(15-16)26(38)14-35-28(39)31(32,33)34)18(3)30(40-25)10-8-21-22-6-5-19-12-20(37)7-9-29(19,4)24(22)13-23(21)17(30)2;1-16-11-25-27(31(15-16)26(33)14-30)18(3)29(34-25)10-8-21-22-6-5-19-12-20(32)7-9-28(19,4)24(22)13-23(21)17(29)2/h5,16,18,20-22,24-25,27,37H,6-15H2,1-4H3,(H,35,39);5,16,18,20-22,24-25,27,32H,6-15,30H2,1-4H3/t16-,18+,20-,21-,22-,24-,25+,27-,29-,30-;16-,18+,20-,21-,22-,24-,25+,27-,28-,29-/m00/s1. The normalized spacial score (nSPS) is 47.0. The largest absolute Gasteiger partial charge is 0.471 e. The first-order chi connectivity index (χ1) is 34.9. The molecule has 0 aromatic rings. The van der Waals surface area contributed by atoms with Crippen molar-refractivity contribution >= 4 is 17.7 Å². The molecular formula is C60H87F3N4O7. The lowest BCUT2D eigenvalue weighted by molar-refractivity contribution is -0.174. The van der Waals surface area contributed by atoms with Crippen LogP contribution in [0.3, 0.4) is 0 Å². The number of aliphatic hydroxyl groups excluding tert-OH is 2.